The Bertz CT molecular complexity index is 739. The summed E-state index contributed by atoms with van der Waals surface area (Å²) in [4.78, 5) is 5.06. The third kappa shape index (κ3) is 2.26. The highest BCUT2D eigenvalue weighted by Gasteiger charge is 2.07. The van der Waals surface area contributed by atoms with Crippen LogP contribution in [0.2, 0.25) is 0 Å². The van der Waals surface area contributed by atoms with E-state index in [0.717, 1.165) is 27.1 Å². The molecule has 3 aromatic rings. The number of hydrogen-bond donors (Lipinski definition) is 0. The van der Waals surface area contributed by atoms with Crippen LogP contribution in [0.4, 0.5) is 0 Å². The number of benzene rings is 1. The van der Waals surface area contributed by atoms with Crippen molar-refractivity contribution in [3.63, 3.8) is 0 Å². The average Bonchev–Trinajstić information content (AvgIpc) is 2.97. The van der Waals surface area contributed by atoms with Gasteiger partial charge < -0.3 is 0 Å². The summed E-state index contributed by atoms with van der Waals surface area (Å²) in [6.07, 6.45) is 3.57. The lowest BCUT2D eigenvalue weighted by molar-refractivity contribution is 1.33. The molecule has 0 radical (unpaired) electrons. The van der Waals surface area contributed by atoms with Crippen LogP contribution >= 0.6 is 11.3 Å². The standard InChI is InChI=1S/C16H10N2S/c17-11-15-6-9-19-16(15)14-3-1-2-13(10-14)12-4-7-18-8-5-12/h1-10H. The van der Waals surface area contributed by atoms with E-state index in [0.29, 0.717) is 0 Å². The Morgan fingerprint density at radius 2 is 1.74 bits per heavy atom. The second-order valence-electron chi connectivity index (χ2n) is 4.09. The molecule has 3 rings (SSSR count). The third-order valence-corrected chi connectivity index (χ3v) is 3.89. The van der Waals surface area contributed by atoms with Crippen LogP contribution in [0.15, 0.2) is 60.2 Å². The first-order chi connectivity index (χ1) is 9.38. The van der Waals surface area contributed by atoms with Gasteiger partial charge in [-0.3, -0.25) is 4.98 Å². The van der Waals surface area contributed by atoms with Gasteiger partial charge in [-0.25, -0.2) is 0 Å². The first kappa shape index (κ1) is 11.6. The van der Waals surface area contributed by atoms with Crippen LogP contribution < -0.4 is 0 Å². The van der Waals surface area contributed by atoms with E-state index in [2.05, 4.69) is 23.2 Å². The van der Waals surface area contributed by atoms with Crippen molar-refractivity contribution >= 4 is 11.3 Å². The molecule has 0 unspecified atom stereocenters. The smallest absolute Gasteiger partial charge is 0.101 e. The van der Waals surface area contributed by atoms with Crippen LogP contribution in [0.5, 0.6) is 0 Å². The van der Waals surface area contributed by atoms with Crippen molar-refractivity contribution in [2.75, 3.05) is 0 Å². The predicted octanol–water partition coefficient (Wildman–Crippen LogP) is 4.35. The largest absolute Gasteiger partial charge is 0.265 e. The number of thiophene rings is 1. The van der Waals surface area contributed by atoms with E-state index in [9.17, 15) is 0 Å². The zero-order valence-corrected chi connectivity index (χ0v) is 10.9. The minimum absolute atomic E-state index is 0.733. The number of hydrogen-bond acceptors (Lipinski definition) is 3. The summed E-state index contributed by atoms with van der Waals surface area (Å²) >= 11 is 1.60. The van der Waals surface area contributed by atoms with E-state index < -0.39 is 0 Å². The van der Waals surface area contributed by atoms with Crippen LogP contribution in [-0.4, -0.2) is 4.98 Å². The van der Waals surface area contributed by atoms with Gasteiger partial charge in [-0.2, -0.15) is 5.26 Å². The van der Waals surface area contributed by atoms with Gasteiger partial charge in [0.2, 0.25) is 0 Å². The van der Waals surface area contributed by atoms with Crippen molar-refractivity contribution in [1.29, 1.82) is 5.26 Å². The van der Waals surface area contributed by atoms with E-state index in [-0.39, 0.29) is 0 Å². The number of rotatable bonds is 2. The fourth-order valence-electron chi connectivity index (χ4n) is 2.01. The molecule has 3 heteroatoms. The zero-order chi connectivity index (χ0) is 13.1. The van der Waals surface area contributed by atoms with Crippen LogP contribution in [-0.2, 0) is 0 Å². The Kier molecular flexibility index (Phi) is 3.09. The van der Waals surface area contributed by atoms with E-state index in [1.54, 1.807) is 23.7 Å². The summed E-state index contributed by atoms with van der Waals surface area (Å²) in [6.45, 7) is 0. The molecule has 0 aliphatic heterocycles. The van der Waals surface area contributed by atoms with Gasteiger partial charge in [0.15, 0.2) is 0 Å². The first-order valence-electron chi connectivity index (χ1n) is 5.87. The molecule has 19 heavy (non-hydrogen) atoms. The molecule has 0 spiro atoms. The maximum absolute atomic E-state index is 9.10. The summed E-state index contributed by atoms with van der Waals surface area (Å²) < 4.78 is 0. The fourth-order valence-corrected chi connectivity index (χ4v) is 2.85. The third-order valence-electron chi connectivity index (χ3n) is 2.92. The quantitative estimate of drug-likeness (QED) is 0.688. The highest BCUT2D eigenvalue weighted by atomic mass is 32.1. The molecule has 2 aromatic heterocycles. The molecule has 0 saturated heterocycles. The molecule has 0 aliphatic rings. The van der Waals surface area contributed by atoms with Gasteiger partial charge in [0.25, 0.3) is 0 Å². The molecule has 2 heterocycles. The number of nitriles is 1. The summed E-state index contributed by atoms with van der Waals surface area (Å²) in [7, 11) is 0. The van der Waals surface area contributed by atoms with E-state index in [4.69, 9.17) is 5.26 Å². The molecule has 0 saturated carbocycles. The van der Waals surface area contributed by atoms with E-state index in [1.165, 1.54) is 0 Å². The van der Waals surface area contributed by atoms with Crippen molar-refractivity contribution in [3.8, 4) is 27.6 Å². The van der Waals surface area contributed by atoms with Gasteiger partial charge in [-0.15, -0.1) is 11.3 Å². The van der Waals surface area contributed by atoms with E-state index >= 15 is 0 Å². The first-order valence-corrected chi connectivity index (χ1v) is 6.75. The molecular formula is C16H10N2S. The van der Waals surface area contributed by atoms with Gasteiger partial charge in [0.1, 0.15) is 6.07 Å². The van der Waals surface area contributed by atoms with Crippen molar-refractivity contribution in [3.05, 3.63) is 65.8 Å². The zero-order valence-electron chi connectivity index (χ0n) is 10.1. The highest BCUT2D eigenvalue weighted by Crippen LogP contribution is 2.31. The number of aromatic nitrogens is 1. The van der Waals surface area contributed by atoms with Crippen LogP contribution in [0.1, 0.15) is 5.56 Å². The molecule has 0 fully saturated rings. The van der Waals surface area contributed by atoms with Gasteiger partial charge in [0, 0.05) is 12.4 Å². The monoisotopic (exact) mass is 262 g/mol. The van der Waals surface area contributed by atoms with Gasteiger partial charge >= 0.3 is 0 Å². The molecular weight excluding hydrogens is 252 g/mol. The summed E-state index contributed by atoms with van der Waals surface area (Å²) in [5.74, 6) is 0. The van der Waals surface area contributed by atoms with Gasteiger partial charge in [0.05, 0.1) is 10.4 Å². The van der Waals surface area contributed by atoms with Crippen molar-refractivity contribution in [2.45, 2.75) is 0 Å². The molecule has 2 nitrogen and oxygen atoms in total. The summed E-state index contributed by atoms with van der Waals surface area (Å²) in [6, 6.07) is 16.3. The van der Waals surface area contributed by atoms with Gasteiger partial charge in [-0.05, 0) is 46.3 Å². The Labute approximate surface area is 115 Å². The fraction of sp³-hybridized carbons (Fsp3) is 0. The molecule has 1 aromatic carbocycles. The minimum Gasteiger partial charge on any atom is -0.265 e. The van der Waals surface area contributed by atoms with Crippen LogP contribution in [0.3, 0.4) is 0 Å². The van der Waals surface area contributed by atoms with Crippen LogP contribution in [0.25, 0.3) is 21.6 Å². The lowest BCUT2D eigenvalue weighted by Gasteiger charge is -2.04. The summed E-state index contributed by atoms with van der Waals surface area (Å²) in [5, 5.41) is 11.1. The second kappa shape index (κ2) is 5.05. The lowest BCUT2D eigenvalue weighted by atomic mass is 10.0. The van der Waals surface area contributed by atoms with Crippen LogP contribution in [0, 0.1) is 11.3 Å². The maximum Gasteiger partial charge on any atom is 0.101 e. The normalized spacial score (nSPS) is 10.1. The molecule has 90 valence electrons. The lowest BCUT2D eigenvalue weighted by Crippen LogP contribution is -1.81. The molecule has 0 bridgehead atoms. The molecule has 0 atom stereocenters. The molecule has 0 amide bonds. The molecule has 0 N–H and O–H groups in total. The second-order valence-corrected chi connectivity index (χ2v) is 5.01. The van der Waals surface area contributed by atoms with Crippen molar-refractivity contribution < 1.29 is 0 Å². The molecule has 0 aliphatic carbocycles. The van der Waals surface area contributed by atoms with Crippen molar-refractivity contribution in [1.82, 2.24) is 4.98 Å². The summed E-state index contributed by atoms with van der Waals surface area (Å²) in [5.41, 5.74) is 4.09. The Morgan fingerprint density at radius 1 is 0.947 bits per heavy atom. The minimum atomic E-state index is 0.733. The Balaban J connectivity index is 2.09. The number of pyridine rings is 1. The van der Waals surface area contributed by atoms with Crippen molar-refractivity contribution in [2.24, 2.45) is 0 Å². The predicted molar refractivity (Wildman–Crippen MR) is 77.7 cm³/mol. The Hall–Kier alpha value is -2.44. The SMILES string of the molecule is N#Cc1ccsc1-c1cccc(-c2ccncc2)c1. The Morgan fingerprint density at radius 3 is 2.53 bits per heavy atom. The maximum atomic E-state index is 9.10. The topological polar surface area (TPSA) is 36.7 Å². The van der Waals surface area contributed by atoms with E-state index in [1.807, 2.05) is 35.7 Å². The van der Waals surface area contributed by atoms with Gasteiger partial charge in [-0.1, -0.05) is 18.2 Å². The highest BCUT2D eigenvalue weighted by molar-refractivity contribution is 7.13. The average molecular weight is 262 g/mol. The number of nitrogens with zero attached hydrogens (tertiary/aromatic N) is 2.